The molecule has 0 heterocycles. The third-order valence-corrected chi connectivity index (χ3v) is 1.96. The Kier molecular flexibility index (Phi) is 6.71. The molecule has 0 aliphatic heterocycles. The number of carbonyl (C=O) groups excluding carboxylic acids is 1. The van der Waals surface area contributed by atoms with Gasteiger partial charge in [0, 0.05) is 21.1 Å². The van der Waals surface area contributed by atoms with Crippen molar-refractivity contribution in [2.45, 2.75) is 39.0 Å². The molecular formula is C10H18O7. The van der Waals surface area contributed by atoms with Crippen molar-refractivity contribution in [3.05, 3.63) is 0 Å². The van der Waals surface area contributed by atoms with E-state index in [0.29, 0.717) is 0 Å². The zero-order chi connectivity index (χ0) is 13.5. The molecule has 0 spiro atoms. The van der Waals surface area contributed by atoms with E-state index in [1.165, 1.54) is 28.1 Å². The number of carbonyl (C=O) groups is 2. The van der Waals surface area contributed by atoms with Gasteiger partial charge in [-0.05, 0) is 6.92 Å². The molecule has 7 heteroatoms. The summed E-state index contributed by atoms with van der Waals surface area (Å²) in [5, 5.41) is 8.38. The Morgan fingerprint density at radius 1 is 1.24 bits per heavy atom. The normalized spacial score (nSPS) is 13.2. The maximum absolute atomic E-state index is 11.2. The van der Waals surface area contributed by atoms with Gasteiger partial charge in [-0.1, -0.05) is 0 Å². The molecule has 1 N–H and O–H groups in total. The van der Waals surface area contributed by atoms with Gasteiger partial charge in [-0.25, -0.2) is 0 Å². The standard InChI is InChI=1S/C10H18O7/c1-7(17-10(2,14-3)15-4)16-9(13)6-5-8(11)12/h7H,5-6H2,1-4H3,(H,11,12). The SMILES string of the molecule is COC(C)(OC)OC(C)OC(=O)CCC(=O)O. The van der Waals surface area contributed by atoms with Crippen molar-refractivity contribution in [1.82, 2.24) is 0 Å². The molecule has 0 fully saturated rings. The molecule has 0 saturated heterocycles. The predicted molar refractivity (Wildman–Crippen MR) is 55.9 cm³/mol. The second-order valence-corrected chi connectivity index (χ2v) is 3.34. The van der Waals surface area contributed by atoms with Gasteiger partial charge < -0.3 is 19.3 Å². The van der Waals surface area contributed by atoms with Crippen LogP contribution in [0.2, 0.25) is 0 Å². The number of carboxylic acids is 1. The lowest BCUT2D eigenvalue weighted by Crippen LogP contribution is -2.38. The number of rotatable bonds is 8. The van der Waals surface area contributed by atoms with Gasteiger partial charge in [-0.2, -0.15) is 0 Å². The van der Waals surface area contributed by atoms with E-state index in [1.54, 1.807) is 0 Å². The van der Waals surface area contributed by atoms with Gasteiger partial charge in [0.25, 0.3) is 5.97 Å². The molecule has 0 rings (SSSR count). The van der Waals surface area contributed by atoms with E-state index >= 15 is 0 Å². The predicted octanol–water partition coefficient (Wildman–Crippen LogP) is 0.723. The third kappa shape index (κ3) is 6.88. The molecule has 0 aromatic heterocycles. The summed E-state index contributed by atoms with van der Waals surface area (Å²) in [7, 11) is 2.75. The van der Waals surface area contributed by atoms with E-state index in [2.05, 4.69) is 0 Å². The average molecular weight is 250 g/mol. The number of methoxy groups -OCH3 is 2. The van der Waals surface area contributed by atoms with Crippen LogP contribution in [-0.4, -0.2) is 43.5 Å². The Bertz CT molecular complexity index is 259. The number of esters is 1. The molecule has 0 aromatic carbocycles. The summed E-state index contributed by atoms with van der Waals surface area (Å²) in [6.07, 6.45) is -1.39. The van der Waals surface area contributed by atoms with E-state index < -0.39 is 24.2 Å². The van der Waals surface area contributed by atoms with Crippen molar-refractivity contribution in [3.63, 3.8) is 0 Å². The highest BCUT2D eigenvalue weighted by atomic mass is 16.9. The molecule has 100 valence electrons. The first-order chi connectivity index (χ1) is 7.83. The molecule has 0 aromatic rings. The number of carboxylic acid groups (broad SMARTS) is 1. The van der Waals surface area contributed by atoms with E-state index in [-0.39, 0.29) is 12.8 Å². The number of hydrogen-bond acceptors (Lipinski definition) is 6. The highest BCUT2D eigenvalue weighted by molar-refractivity contribution is 5.76. The number of aliphatic carboxylic acids is 1. The third-order valence-electron chi connectivity index (χ3n) is 1.96. The van der Waals surface area contributed by atoms with Crippen molar-refractivity contribution in [3.8, 4) is 0 Å². The lowest BCUT2D eigenvalue weighted by atomic mass is 10.3. The van der Waals surface area contributed by atoms with Crippen molar-refractivity contribution in [2.75, 3.05) is 14.2 Å². The molecule has 0 saturated carbocycles. The van der Waals surface area contributed by atoms with Crippen LogP contribution in [0.5, 0.6) is 0 Å². The summed E-state index contributed by atoms with van der Waals surface area (Å²) in [5.41, 5.74) is 0. The van der Waals surface area contributed by atoms with Crippen molar-refractivity contribution < 1.29 is 33.6 Å². The van der Waals surface area contributed by atoms with Gasteiger partial charge in [0.2, 0.25) is 6.29 Å². The van der Waals surface area contributed by atoms with Crippen LogP contribution in [0.3, 0.4) is 0 Å². The number of hydrogen-bond donors (Lipinski definition) is 1. The molecule has 0 aliphatic rings. The van der Waals surface area contributed by atoms with Crippen LogP contribution in [0.15, 0.2) is 0 Å². The Balaban J connectivity index is 4.04. The van der Waals surface area contributed by atoms with Crippen LogP contribution < -0.4 is 0 Å². The highest BCUT2D eigenvalue weighted by Gasteiger charge is 2.28. The quantitative estimate of drug-likeness (QED) is 0.501. The first-order valence-corrected chi connectivity index (χ1v) is 5.02. The van der Waals surface area contributed by atoms with Gasteiger partial charge >= 0.3 is 11.9 Å². The largest absolute Gasteiger partial charge is 0.481 e. The van der Waals surface area contributed by atoms with E-state index in [1.807, 2.05) is 0 Å². The fraction of sp³-hybridized carbons (Fsp3) is 0.800. The van der Waals surface area contributed by atoms with Gasteiger partial charge in [0.1, 0.15) is 0 Å². The van der Waals surface area contributed by atoms with Crippen LogP contribution >= 0.6 is 0 Å². The summed E-state index contributed by atoms with van der Waals surface area (Å²) in [5.74, 6) is -3.03. The first-order valence-electron chi connectivity index (χ1n) is 5.02. The minimum atomic E-state index is -1.31. The summed E-state index contributed by atoms with van der Waals surface area (Å²) >= 11 is 0. The topological polar surface area (TPSA) is 91.3 Å². The Labute approximate surface area is 99.6 Å². The van der Waals surface area contributed by atoms with Crippen LogP contribution in [0, 0.1) is 0 Å². The van der Waals surface area contributed by atoms with Gasteiger partial charge in [-0.15, -0.1) is 0 Å². The molecule has 0 bridgehead atoms. The van der Waals surface area contributed by atoms with Gasteiger partial charge in [-0.3, -0.25) is 14.3 Å². The van der Waals surface area contributed by atoms with Crippen molar-refractivity contribution in [1.29, 1.82) is 0 Å². The summed E-state index contributed by atoms with van der Waals surface area (Å²) < 4.78 is 19.8. The number of ether oxygens (including phenoxy) is 4. The maximum atomic E-state index is 11.2. The molecule has 1 atom stereocenters. The zero-order valence-corrected chi connectivity index (χ0v) is 10.4. The van der Waals surface area contributed by atoms with E-state index in [0.717, 1.165) is 0 Å². The molecule has 0 aliphatic carbocycles. The Morgan fingerprint density at radius 2 is 1.76 bits per heavy atom. The van der Waals surface area contributed by atoms with Crippen molar-refractivity contribution >= 4 is 11.9 Å². The first kappa shape index (κ1) is 15.8. The molecule has 7 nitrogen and oxygen atoms in total. The summed E-state index contributed by atoms with van der Waals surface area (Å²) in [6.45, 7) is 2.99. The lowest BCUT2D eigenvalue weighted by molar-refractivity contribution is -0.387. The fourth-order valence-corrected chi connectivity index (χ4v) is 0.958. The summed E-state index contributed by atoms with van der Waals surface area (Å²) in [4.78, 5) is 21.4. The maximum Gasteiger partial charge on any atom is 0.308 e. The second-order valence-electron chi connectivity index (χ2n) is 3.34. The van der Waals surface area contributed by atoms with Gasteiger partial charge in [0.15, 0.2) is 0 Å². The van der Waals surface area contributed by atoms with E-state index in [4.69, 9.17) is 24.1 Å². The second kappa shape index (κ2) is 7.21. The van der Waals surface area contributed by atoms with Crippen LogP contribution in [0.4, 0.5) is 0 Å². The smallest absolute Gasteiger partial charge is 0.308 e. The zero-order valence-electron chi connectivity index (χ0n) is 10.4. The van der Waals surface area contributed by atoms with Crippen LogP contribution in [0.25, 0.3) is 0 Å². The lowest BCUT2D eigenvalue weighted by Gasteiger charge is -2.28. The minimum Gasteiger partial charge on any atom is -0.481 e. The Morgan fingerprint density at radius 3 is 2.18 bits per heavy atom. The fourth-order valence-electron chi connectivity index (χ4n) is 0.958. The van der Waals surface area contributed by atoms with Crippen LogP contribution in [0.1, 0.15) is 26.7 Å². The molecule has 0 radical (unpaired) electrons. The van der Waals surface area contributed by atoms with Gasteiger partial charge in [0.05, 0.1) is 12.8 Å². The molecule has 1 unspecified atom stereocenters. The van der Waals surface area contributed by atoms with Crippen molar-refractivity contribution in [2.24, 2.45) is 0 Å². The van der Waals surface area contributed by atoms with Crippen LogP contribution in [-0.2, 0) is 28.5 Å². The monoisotopic (exact) mass is 250 g/mol. The average Bonchev–Trinajstić information content (AvgIpc) is 2.26. The summed E-state index contributed by atoms with van der Waals surface area (Å²) in [6, 6.07) is 0. The highest BCUT2D eigenvalue weighted by Crippen LogP contribution is 2.15. The molecular weight excluding hydrogens is 232 g/mol. The molecule has 17 heavy (non-hydrogen) atoms. The molecule has 0 amide bonds. The van der Waals surface area contributed by atoms with E-state index in [9.17, 15) is 9.59 Å². The Hall–Kier alpha value is -1.18. The minimum absolute atomic E-state index is 0.209.